The fourth-order valence-corrected chi connectivity index (χ4v) is 2.82. The minimum atomic E-state index is 0.325. The van der Waals surface area contributed by atoms with Crippen LogP contribution >= 0.6 is 0 Å². The maximum atomic E-state index is 9.66. The maximum Gasteiger partial charge on any atom is 0.115 e. The molecule has 0 saturated heterocycles. The molecule has 0 spiro atoms. The summed E-state index contributed by atoms with van der Waals surface area (Å²) in [5, 5.41) is 17.4. The first-order valence-electron chi connectivity index (χ1n) is 6.76. The van der Waals surface area contributed by atoms with Gasteiger partial charge in [0, 0.05) is 25.0 Å². The number of aromatic hydroxyl groups is 1. The molecule has 0 saturated carbocycles. The predicted octanol–water partition coefficient (Wildman–Crippen LogP) is 1.95. The van der Waals surface area contributed by atoms with Crippen molar-refractivity contribution >= 4 is 0 Å². The van der Waals surface area contributed by atoms with Crippen molar-refractivity contribution in [3.05, 3.63) is 47.3 Å². The third-order valence-corrected chi connectivity index (χ3v) is 3.90. The number of hydrogen-bond acceptors (Lipinski definition) is 3. The van der Waals surface area contributed by atoms with Crippen LogP contribution in [-0.4, -0.2) is 21.4 Å². The highest BCUT2D eigenvalue weighted by molar-refractivity contribution is 5.38. The molecule has 1 aromatic carbocycles. The van der Waals surface area contributed by atoms with Gasteiger partial charge in [-0.3, -0.25) is 4.68 Å². The third kappa shape index (κ3) is 2.49. The van der Waals surface area contributed by atoms with E-state index < -0.39 is 0 Å². The van der Waals surface area contributed by atoms with Crippen LogP contribution in [0.2, 0.25) is 0 Å². The van der Waals surface area contributed by atoms with Gasteiger partial charge in [-0.1, -0.05) is 6.07 Å². The van der Waals surface area contributed by atoms with E-state index in [4.69, 9.17) is 0 Å². The van der Waals surface area contributed by atoms with Crippen molar-refractivity contribution in [3.63, 3.8) is 0 Å². The summed E-state index contributed by atoms with van der Waals surface area (Å²) in [6.07, 6.45) is 4.89. The van der Waals surface area contributed by atoms with Crippen molar-refractivity contribution in [3.8, 4) is 5.75 Å². The monoisotopic (exact) mass is 257 g/mol. The fourth-order valence-electron chi connectivity index (χ4n) is 2.82. The molecule has 1 aliphatic heterocycles. The lowest BCUT2D eigenvalue weighted by Crippen LogP contribution is -2.30. The molecule has 1 aromatic heterocycles. The zero-order valence-corrected chi connectivity index (χ0v) is 11.1. The highest BCUT2D eigenvalue weighted by atomic mass is 16.3. The quantitative estimate of drug-likeness (QED) is 0.883. The highest BCUT2D eigenvalue weighted by Gasteiger charge is 2.20. The Labute approximate surface area is 113 Å². The molecule has 0 bridgehead atoms. The number of nitrogens with one attached hydrogen (secondary N) is 1. The maximum absolute atomic E-state index is 9.66. The van der Waals surface area contributed by atoms with Crippen LogP contribution < -0.4 is 5.32 Å². The average Bonchev–Trinajstić information content (AvgIpc) is 2.82. The second kappa shape index (κ2) is 5.05. The highest BCUT2D eigenvalue weighted by Crippen LogP contribution is 2.29. The number of rotatable bonds is 3. The molecule has 4 heteroatoms. The number of benzene rings is 1. The lowest BCUT2D eigenvalue weighted by atomic mass is 9.91. The second-order valence-corrected chi connectivity index (χ2v) is 5.12. The Kier molecular flexibility index (Phi) is 3.25. The van der Waals surface area contributed by atoms with E-state index in [0.717, 1.165) is 25.8 Å². The van der Waals surface area contributed by atoms with Crippen LogP contribution in [0.1, 0.15) is 29.3 Å². The van der Waals surface area contributed by atoms with E-state index in [9.17, 15) is 5.11 Å². The van der Waals surface area contributed by atoms with Gasteiger partial charge in [0.2, 0.25) is 0 Å². The molecule has 2 heterocycles. The number of aromatic nitrogens is 2. The SMILES string of the molecule is Cn1nccc1CCC1NCCc2ccc(O)cc21. The molecule has 0 amide bonds. The zero-order valence-electron chi connectivity index (χ0n) is 11.1. The van der Waals surface area contributed by atoms with Gasteiger partial charge in [-0.05, 0) is 55.1 Å². The third-order valence-electron chi connectivity index (χ3n) is 3.90. The number of phenolic OH excluding ortho intramolecular Hbond substituents is 1. The van der Waals surface area contributed by atoms with Gasteiger partial charge < -0.3 is 10.4 Å². The van der Waals surface area contributed by atoms with E-state index in [1.165, 1.54) is 16.8 Å². The van der Waals surface area contributed by atoms with E-state index in [1.807, 2.05) is 30.1 Å². The average molecular weight is 257 g/mol. The van der Waals surface area contributed by atoms with Crippen LogP contribution in [0.15, 0.2) is 30.5 Å². The molecule has 4 nitrogen and oxygen atoms in total. The Morgan fingerprint density at radius 2 is 2.32 bits per heavy atom. The normalized spacial score (nSPS) is 18.3. The van der Waals surface area contributed by atoms with Crippen molar-refractivity contribution in [1.82, 2.24) is 15.1 Å². The Morgan fingerprint density at radius 3 is 3.11 bits per heavy atom. The van der Waals surface area contributed by atoms with Crippen molar-refractivity contribution < 1.29 is 5.11 Å². The molecule has 19 heavy (non-hydrogen) atoms. The summed E-state index contributed by atoms with van der Waals surface area (Å²) in [4.78, 5) is 0. The summed E-state index contributed by atoms with van der Waals surface area (Å²) >= 11 is 0. The van der Waals surface area contributed by atoms with E-state index in [0.29, 0.717) is 11.8 Å². The van der Waals surface area contributed by atoms with Gasteiger partial charge in [-0.25, -0.2) is 0 Å². The lowest BCUT2D eigenvalue weighted by Gasteiger charge is -2.27. The topological polar surface area (TPSA) is 50.1 Å². The van der Waals surface area contributed by atoms with Gasteiger partial charge in [-0.2, -0.15) is 5.10 Å². The Balaban J connectivity index is 1.76. The lowest BCUT2D eigenvalue weighted by molar-refractivity contribution is 0.452. The molecular formula is C15H19N3O. The van der Waals surface area contributed by atoms with Gasteiger partial charge in [0.1, 0.15) is 5.75 Å². The minimum Gasteiger partial charge on any atom is -0.508 e. The largest absolute Gasteiger partial charge is 0.508 e. The summed E-state index contributed by atoms with van der Waals surface area (Å²) in [5.74, 6) is 0.355. The number of nitrogens with zero attached hydrogens (tertiary/aromatic N) is 2. The first-order valence-corrected chi connectivity index (χ1v) is 6.76. The fraction of sp³-hybridized carbons (Fsp3) is 0.400. The van der Waals surface area contributed by atoms with E-state index in [1.54, 1.807) is 6.07 Å². The van der Waals surface area contributed by atoms with Crippen LogP contribution in [0.25, 0.3) is 0 Å². The van der Waals surface area contributed by atoms with Gasteiger partial charge in [0.15, 0.2) is 0 Å². The number of hydrogen-bond donors (Lipinski definition) is 2. The van der Waals surface area contributed by atoms with Crippen molar-refractivity contribution in [2.75, 3.05) is 6.54 Å². The van der Waals surface area contributed by atoms with Crippen LogP contribution in [0.3, 0.4) is 0 Å². The minimum absolute atomic E-state index is 0.325. The Morgan fingerprint density at radius 1 is 1.42 bits per heavy atom. The summed E-state index contributed by atoms with van der Waals surface area (Å²) in [6, 6.07) is 8.11. The van der Waals surface area contributed by atoms with E-state index in [2.05, 4.69) is 16.5 Å². The molecular weight excluding hydrogens is 238 g/mol. The first kappa shape index (κ1) is 12.2. The van der Waals surface area contributed by atoms with E-state index >= 15 is 0 Å². The molecule has 3 rings (SSSR count). The zero-order chi connectivity index (χ0) is 13.2. The van der Waals surface area contributed by atoms with Gasteiger partial charge in [-0.15, -0.1) is 0 Å². The van der Waals surface area contributed by atoms with Crippen molar-refractivity contribution in [1.29, 1.82) is 0 Å². The molecule has 0 aliphatic carbocycles. The standard InChI is InChI=1S/C15H19N3O/c1-18-12(7-9-17-18)3-5-15-14-10-13(19)4-2-11(14)6-8-16-15/h2,4,7,9-10,15-16,19H,3,5-6,8H2,1H3. The summed E-state index contributed by atoms with van der Waals surface area (Å²) in [7, 11) is 1.98. The number of aryl methyl sites for hydroxylation is 2. The molecule has 1 aliphatic rings. The smallest absolute Gasteiger partial charge is 0.115 e. The van der Waals surface area contributed by atoms with Crippen LogP contribution in [-0.2, 0) is 19.9 Å². The Hall–Kier alpha value is -1.81. The molecule has 1 atom stereocenters. The number of fused-ring (bicyclic) bond motifs is 1. The van der Waals surface area contributed by atoms with Gasteiger partial charge in [0.25, 0.3) is 0 Å². The molecule has 2 aromatic rings. The number of phenols is 1. The second-order valence-electron chi connectivity index (χ2n) is 5.12. The molecule has 1 unspecified atom stereocenters. The summed E-state index contributed by atoms with van der Waals surface area (Å²) < 4.78 is 1.92. The molecule has 2 N–H and O–H groups in total. The molecule has 0 fully saturated rings. The van der Waals surface area contributed by atoms with Crippen LogP contribution in [0.5, 0.6) is 5.75 Å². The van der Waals surface area contributed by atoms with Crippen molar-refractivity contribution in [2.45, 2.75) is 25.3 Å². The van der Waals surface area contributed by atoms with E-state index in [-0.39, 0.29) is 0 Å². The molecule has 0 radical (unpaired) electrons. The predicted molar refractivity (Wildman–Crippen MR) is 74.1 cm³/mol. The van der Waals surface area contributed by atoms with Crippen LogP contribution in [0, 0.1) is 0 Å². The Bertz CT molecular complexity index is 577. The van der Waals surface area contributed by atoms with Crippen molar-refractivity contribution in [2.24, 2.45) is 7.05 Å². The van der Waals surface area contributed by atoms with Gasteiger partial charge in [0.05, 0.1) is 0 Å². The first-order chi connectivity index (χ1) is 9.24. The summed E-state index contributed by atoms with van der Waals surface area (Å²) in [5.41, 5.74) is 3.84. The molecule has 100 valence electrons. The van der Waals surface area contributed by atoms with Gasteiger partial charge >= 0.3 is 0 Å². The van der Waals surface area contributed by atoms with Crippen LogP contribution in [0.4, 0.5) is 0 Å². The summed E-state index contributed by atoms with van der Waals surface area (Å²) in [6.45, 7) is 1.01.